The Hall–Kier alpha value is -3.01. The van der Waals surface area contributed by atoms with Crippen LogP contribution in [0.5, 0.6) is 0 Å². The van der Waals surface area contributed by atoms with Crippen LogP contribution in [0.3, 0.4) is 0 Å². The number of nitrogens with zero attached hydrogens (tertiary/aromatic N) is 2. The van der Waals surface area contributed by atoms with Crippen LogP contribution in [0.15, 0.2) is 29.6 Å². The van der Waals surface area contributed by atoms with Crippen molar-refractivity contribution in [3.63, 3.8) is 0 Å². The van der Waals surface area contributed by atoms with E-state index in [-0.39, 0.29) is 36.6 Å². The molecule has 1 atom stereocenters. The molecule has 0 unspecified atom stereocenters. The topological polar surface area (TPSA) is 101 Å². The molecular formula is C18H19FN4O4S. The Morgan fingerprint density at radius 3 is 2.82 bits per heavy atom. The van der Waals surface area contributed by atoms with Crippen LogP contribution in [0, 0.1) is 5.82 Å². The summed E-state index contributed by atoms with van der Waals surface area (Å²) in [6.07, 6.45) is 0.189. The lowest BCUT2D eigenvalue weighted by Crippen LogP contribution is -2.39. The van der Waals surface area contributed by atoms with Crippen LogP contribution in [-0.4, -0.2) is 42.1 Å². The highest BCUT2D eigenvalue weighted by atomic mass is 32.1. The number of rotatable bonds is 6. The number of nitrogens with one attached hydrogen (secondary N) is 2. The molecule has 0 bridgehead atoms. The van der Waals surface area contributed by atoms with Crippen LogP contribution >= 0.6 is 11.3 Å². The van der Waals surface area contributed by atoms with Gasteiger partial charge in [-0.3, -0.25) is 14.9 Å². The number of ether oxygens (including phenoxy) is 1. The van der Waals surface area contributed by atoms with E-state index in [4.69, 9.17) is 4.74 Å². The Labute approximate surface area is 164 Å². The third kappa shape index (κ3) is 5.03. The second-order valence-corrected chi connectivity index (χ2v) is 6.96. The van der Waals surface area contributed by atoms with Crippen LogP contribution < -0.4 is 15.5 Å². The van der Waals surface area contributed by atoms with Crippen molar-refractivity contribution < 1.29 is 23.5 Å². The lowest BCUT2D eigenvalue weighted by molar-refractivity contribution is -0.142. The number of benzene rings is 1. The van der Waals surface area contributed by atoms with Gasteiger partial charge in [0.25, 0.3) is 0 Å². The molecule has 2 aromatic rings. The first-order valence-electron chi connectivity index (χ1n) is 8.68. The van der Waals surface area contributed by atoms with E-state index in [2.05, 4.69) is 15.6 Å². The average molecular weight is 406 g/mol. The van der Waals surface area contributed by atoms with Gasteiger partial charge in [0.1, 0.15) is 5.82 Å². The van der Waals surface area contributed by atoms with E-state index in [0.717, 1.165) is 0 Å². The fraction of sp³-hybridized carbons (Fsp3) is 0.333. The van der Waals surface area contributed by atoms with Crippen LogP contribution in [0.1, 0.15) is 19.0 Å². The number of amides is 3. The zero-order chi connectivity index (χ0) is 20.1. The van der Waals surface area contributed by atoms with E-state index in [0.29, 0.717) is 29.7 Å². The molecule has 1 aliphatic heterocycles. The summed E-state index contributed by atoms with van der Waals surface area (Å²) >= 11 is 1.19. The van der Waals surface area contributed by atoms with Crippen LogP contribution in [-0.2, 0) is 20.7 Å². The predicted octanol–water partition coefficient (Wildman–Crippen LogP) is 2.31. The molecule has 1 aliphatic rings. The van der Waals surface area contributed by atoms with Gasteiger partial charge in [0.2, 0.25) is 5.91 Å². The highest BCUT2D eigenvalue weighted by Crippen LogP contribution is 2.22. The number of carbonyl (C=O) groups excluding carboxylic acids is 3. The second kappa shape index (κ2) is 8.79. The summed E-state index contributed by atoms with van der Waals surface area (Å²) in [5.41, 5.74) is 1.09. The molecule has 10 heteroatoms. The molecule has 148 valence electrons. The largest absolute Gasteiger partial charge is 0.466 e. The van der Waals surface area contributed by atoms with E-state index in [1.165, 1.54) is 40.5 Å². The summed E-state index contributed by atoms with van der Waals surface area (Å²) in [5, 5.41) is 7.34. The van der Waals surface area contributed by atoms with E-state index in [9.17, 15) is 18.8 Å². The summed E-state index contributed by atoms with van der Waals surface area (Å²) in [6.45, 7) is 2.32. The van der Waals surface area contributed by atoms with Gasteiger partial charge in [-0.05, 0) is 31.2 Å². The van der Waals surface area contributed by atoms with Crippen molar-refractivity contribution in [1.29, 1.82) is 0 Å². The summed E-state index contributed by atoms with van der Waals surface area (Å²) in [6, 6.07) is 4.75. The summed E-state index contributed by atoms with van der Waals surface area (Å²) in [4.78, 5) is 41.5. The zero-order valence-corrected chi connectivity index (χ0v) is 15.9. The highest BCUT2D eigenvalue weighted by Gasteiger charge is 2.31. The average Bonchev–Trinajstić information content (AvgIpc) is 3.22. The molecule has 28 heavy (non-hydrogen) atoms. The van der Waals surface area contributed by atoms with E-state index >= 15 is 0 Å². The minimum Gasteiger partial charge on any atom is -0.466 e. The predicted molar refractivity (Wildman–Crippen MR) is 102 cm³/mol. The Morgan fingerprint density at radius 2 is 2.11 bits per heavy atom. The van der Waals surface area contributed by atoms with Gasteiger partial charge in [0.05, 0.1) is 24.8 Å². The SMILES string of the molecule is CCOC(=O)Cc1csc(NC(=O)N[C@H]2CC(=O)N(c3ccc(F)cc3)C2)n1. The second-order valence-electron chi connectivity index (χ2n) is 6.11. The number of thiazole rings is 1. The highest BCUT2D eigenvalue weighted by molar-refractivity contribution is 7.13. The molecule has 1 saturated heterocycles. The lowest BCUT2D eigenvalue weighted by Gasteiger charge is -2.17. The Kier molecular flexibility index (Phi) is 6.19. The number of hydrogen-bond donors (Lipinski definition) is 2. The number of hydrogen-bond acceptors (Lipinski definition) is 6. The molecule has 3 amide bonds. The maximum absolute atomic E-state index is 13.0. The Bertz CT molecular complexity index is 871. The van der Waals surface area contributed by atoms with E-state index in [1.807, 2.05) is 0 Å². The molecule has 8 nitrogen and oxygen atoms in total. The molecule has 0 radical (unpaired) electrons. The van der Waals surface area contributed by atoms with Crippen molar-refractivity contribution >= 4 is 40.1 Å². The van der Waals surface area contributed by atoms with Crippen molar-refractivity contribution in [2.75, 3.05) is 23.4 Å². The first-order valence-corrected chi connectivity index (χ1v) is 9.56. The Morgan fingerprint density at radius 1 is 1.36 bits per heavy atom. The normalized spacial score (nSPS) is 16.1. The maximum Gasteiger partial charge on any atom is 0.321 e. The van der Waals surface area contributed by atoms with Gasteiger partial charge in [0.15, 0.2) is 5.13 Å². The summed E-state index contributed by atoms with van der Waals surface area (Å²) in [5.74, 6) is -0.910. The number of anilines is 2. The van der Waals surface area contributed by atoms with E-state index in [1.54, 1.807) is 12.3 Å². The van der Waals surface area contributed by atoms with Crippen molar-refractivity contribution in [3.05, 3.63) is 41.2 Å². The third-order valence-corrected chi connectivity index (χ3v) is 4.81. The first kappa shape index (κ1) is 19.7. The molecule has 2 N–H and O–H groups in total. The number of urea groups is 1. The quantitative estimate of drug-likeness (QED) is 0.717. The fourth-order valence-corrected chi connectivity index (χ4v) is 3.50. The fourth-order valence-electron chi connectivity index (χ4n) is 2.80. The summed E-state index contributed by atoms with van der Waals surface area (Å²) < 4.78 is 17.9. The zero-order valence-electron chi connectivity index (χ0n) is 15.1. The van der Waals surface area contributed by atoms with Gasteiger partial charge in [-0.25, -0.2) is 14.2 Å². The number of esters is 1. The smallest absolute Gasteiger partial charge is 0.321 e. The number of aromatic nitrogens is 1. The van der Waals surface area contributed by atoms with Gasteiger partial charge < -0.3 is 15.0 Å². The van der Waals surface area contributed by atoms with Crippen molar-refractivity contribution in [3.8, 4) is 0 Å². The van der Waals surface area contributed by atoms with Crippen molar-refractivity contribution in [2.24, 2.45) is 0 Å². The van der Waals surface area contributed by atoms with Crippen LogP contribution in [0.2, 0.25) is 0 Å². The molecule has 1 aromatic carbocycles. The van der Waals surface area contributed by atoms with Crippen LogP contribution in [0.4, 0.5) is 20.0 Å². The van der Waals surface area contributed by atoms with Crippen LogP contribution in [0.25, 0.3) is 0 Å². The van der Waals surface area contributed by atoms with E-state index < -0.39 is 6.03 Å². The molecule has 1 aromatic heterocycles. The lowest BCUT2D eigenvalue weighted by atomic mass is 10.2. The monoisotopic (exact) mass is 406 g/mol. The molecule has 2 heterocycles. The molecule has 1 fully saturated rings. The number of halogens is 1. The summed E-state index contributed by atoms with van der Waals surface area (Å²) in [7, 11) is 0. The molecular weight excluding hydrogens is 387 g/mol. The van der Waals surface area contributed by atoms with Crippen molar-refractivity contribution in [2.45, 2.75) is 25.8 Å². The van der Waals surface area contributed by atoms with Gasteiger partial charge in [-0.1, -0.05) is 0 Å². The molecule has 0 saturated carbocycles. The maximum atomic E-state index is 13.0. The van der Waals surface area contributed by atoms with Crippen molar-refractivity contribution in [1.82, 2.24) is 10.3 Å². The Balaban J connectivity index is 1.51. The molecule has 0 spiro atoms. The first-order chi connectivity index (χ1) is 13.4. The third-order valence-electron chi connectivity index (χ3n) is 4.00. The van der Waals surface area contributed by atoms with Gasteiger partial charge >= 0.3 is 12.0 Å². The minimum atomic E-state index is -0.490. The van der Waals surface area contributed by atoms with Gasteiger partial charge in [-0.15, -0.1) is 11.3 Å². The number of carbonyl (C=O) groups is 3. The van der Waals surface area contributed by atoms with Gasteiger partial charge in [-0.2, -0.15) is 0 Å². The molecule has 0 aliphatic carbocycles. The molecule has 3 rings (SSSR count). The standard InChI is InChI=1S/C18H19FN4O4S/c1-2-27-16(25)8-13-10-28-18(21-13)22-17(26)20-12-7-15(24)23(9-12)14-5-3-11(19)4-6-14/h3-6,10,12H,2,7-9H2,1H3,(H2,20,21,22,26)/t12-/m0/s1. The minimum absolute atomic E-state index is 0.0391. The van der Waals surface area contributed by atoms with Gasteiger partial charge in [0, 0.05) is 24.0 Å².